The smallest absolute Gasteiger partial charge is 0.246 e. The van der Waals surface area contributed by atoms with Crippen LogP contribution >= 0.6 is 0 Å². The summed E-state index contributed by atoms with van der Waals surface area (Å²) in [6.07, 6.45) is 10.6. The first-order chi connectivity index (χ1) is 11.6. The number of rotatable bonds is 5. The molecule has 3 rings (SSSR count). The molecule has 0 aliphatic heterocycles. The minimum absolute atomic E-state index is 0.0636. The number of hydrogen-bond acceptors (Lipinski definition) is 3. The molecule has 0 aliphatic carbocycles. The van der Waals surface area contributed by atoms with E-state index in [1.165, 1.54) is 0 Å². The standard InChI is InChI=1S/C18H19N5O/c1-21(18(24)9-8-15-10-19-22(2)13-15)12-16-11-20-23(14-16)17-6-4-3-5-7-17/h3-11,13-14H,12H2,1-2H3. The molecule has 0 radical (unpaired) electrons. The minimum atomic E-state index is -0.0636. The average molecular weight is 321 g/mol. The molecule has 24 heavy (non-hydrogen) atoms. The van der Waals surface area contributed by atoms with Gasteiger partial charge >= 0.3 is 0 Å². The van der Waals surface area contributed by atoms with Gasteiger partial charge in [0, 0.05) is 50.2 Å². The van der Waals surface area contributed by atoms with E-state index < -0.39 is 0 Å². The van der Waals surface area contributed by atoms with Gasteiger partial charge in [0.1, 0.15) is 0 Å². The van der Waals surface area contributed by atoms with Crippen LogP contribution in [-0.2, 0) is 18.4 Å². The van der Waals surface area contributed by atoms with Crippen LogP contribution in [0.25, 0.3) is 11.8 Å². The van der Waals surface area contributed by atoms with Gasteiger partial charge in [-0.05, 0) is 18.2 Å². The van der Waals surface area contributed by atoms with E-state index in [0.29, 0.717) is 6.54 Å². The van der Waals surface area contributed by atoms with E-state index in [0.717, 1.165) is 16.8 Å². The Labute approximate surface area is 140 Å². The molecule has 1 amide bonds. The number of benzene rings is 1. The zero-order chi connectivity index (χ0) is 16.9. The highest BCUT2D eigenvalue weighted by Gasteiger charge is 2.08. The van der Waals surface area contributed by atoms with Gasteiger partial charge < -0.3 is 4.90 Å². The number of para-hydroxylation sites is 1. The molecule has 2 heterocycles. The summed E-state index contributed by atoms with van der Waals surface area (Å²) in [5.41, 5.74) is 2.87. The molecule has 6 nitrogen and oxygen atoms in total. The van der Waals surface area contributed by atoms with Crippen molar-refractivity contribution in [3.05, 3.63) is 72.3 Å². The predicted octanol–water partition coefficient (Wildman–Crippen LogP) is 2.28. The Kier molecular flexibility index (Phi) is 4.56. The lowest BCUT2D eigenvalue weighted by Gasteiger charge is -2.13. The quantitative estimate of drug-likeness (QED) is 0.678. The van der Waals surface area contributed by atoms with E-state index in [2.05, 4.69) is 10.2 Å². The molecule has 0 saturated heterocycles. The van der Waals surface area contributed by atoms with Gasteiger partial charge in [-0.1, -0.05) is 18.2 Å². The molecule has 1 aromatic carbocycles. The van der Waals surface area contributed by atoms with Gasteiger partial charge in [-0.2, -0.15) is 10.2 Å². The summed E-state index contributed by atoms with van der Waals surface area (Å²) in [6.45, 7) is 0.503. The molecular weight excluding hydrogens is 302 g/mol. The van der Waals surface area contributed by atoms with Crippen LogP contribution < -0.4 is 0 Å². The summed E-state index contributed by atoms with van der Waals surface area (Å²) in [5, 5.41) is 8.41. The molecule has 0 N–H and O–H groups in total. The fourth-order valence-electron chi connectivity index (χ4n) is 2.34. The molecule has 0 bridgehead atoms. The first-order valence-corrected chi connectivity index (χ1v) is 7.62. The van der Waals surface area contributed by atoms with Crippen molar-refractivity contribution in [1.82, 2.24) is 24.5 Å². The van der Waals surface area contributed by atoms with Crippen molar-refractivity contribution in [1.29, 1.82) is 0 Å². The van der Waals surface area contributed by atoms with Crippen LogP contribution in [0.1, 0.15) is 11.1 Å². The Balaban J connectivity index is 1.62. The third-order valence-corrected chi connectivity index (χ3v) is 3.60. The molecule has 2 aromatic heterocycles. The van der Waals surface area contributed by atoms with E-state index >= 15 is 0 Å². The third-order valence-electron chi connectivity index (χ3n) is 3.60. The van der Waals surface area contributed by atoms with Crippen molar-refractivity contribution < 1.29 is 4.79 Å². The van der Waals surface area contributed by atoms with E-state index in [1.54, 1.807) is 45.9 Å². The summed E-state index contributed by atoms with van der Waals surface area (Å²) in [5.74, 6) is -0.0636. The topological polar surface area (TPSA) is 56.0 Å². The second-order valence-electron chi connectivity index (χ2n) is 5.60. The van der Waals surface area contributed by atoms with Gasteiger partial charge in [0.2, 0.25) is 5.91 Å². The van der Waals surface area contributed by atoms with Crippen LogP contribution in [0.2, 0.25) is 0 Å². The van der Waals surface area contributed by atoms with Crippen molar-refractivity contribution in [2.45, 2.75) is 6.54 Å². The predicted molar refractivity (Wildman–Crippen MR) is 92.3 cm³/mol. The minimum Gasteiger partial charge on any atom is -0.338 e. The van der Waals surface area contributed by atoms with Crippen molar-refractivity contribution in [2.75, 3.05) is 7.05 Å². The molecule has 3 aromatic rings. The highest BCUT2D eigenvalue weighted by Crippen LogP contribution is 2.09. The van der Waals surface area contributed by atoms with Gasteiger partial charge in [0.15, 0.2) is 0 Å². The van der Waals surface area contributed by atoms with Crippen molar-refractivity contribution in [3.8, 4) is 5.69 Å². The highest BCUT2D eigenvalue weighted by atomic mass is 16.2. The number of aryl methyl sites for hydroxylation is 1. The van der Waals surface area contributed by atoms with Crippen molar-refractivity contribution >= 4 is 12.0 Å². The maximum absolute atomic E-state index is 12.2. The van der Waals surface area contributed by atoms with Gasteiger partial charge in [-0.3, -0.25) is 9.48 Å². The Bertz CT molecular complexity index is 847. The number of amides is 1. The highest BCUT2D eigenvalue weighted by molar-refractivity contribution is 5.91. The molecule has 0 aliphatic rings. The zero-order valence-corrected chi connectivity index (χ0v) is 13.7. The van der Waals surface area contributed by atoms with Crippen molar-refractivity contribution in [2.24, 2.45) is 7.05 Å². The molecule has 0 atom stereocenters. The lowest BCUT2D eigenvalue weighted by atomic mass is 10.3. The molecule has 0 fully saturated rings. The third kappa shape index (κ3) is 3.78. The van der Waals surface area contributed by atoms with Crippen LogP contribution in [0.5, 0.6) is 0 Å². The number of likely N-dealkylation sites (N-methyl/N-ethyl adjacent to an activating group) is 1. The normalized spacial score (nSPS) is 11.1. The lowest BCUT2D eigenvalue weighted by molar-refractivity contribution is -0.125. The van der Waals surface area contributed by atoms with Gasteiger partial charge in [0.05, 0.1) is 18.1 Å². The lowest BCUT2D eigenvalue weighted by Crippen LogP contribution is -2.23. The molecule has 0 unspecified atom stereocenters. The summed E-state index contributed by atoms with van der Waals surface area (Å²) < 4.78 is 3.50. The first kappa shape index (κ1) is 15.7. The summed E-state index contributed by atoms with van der Waals surface area (Å²) in [7, 11) is 3.62. The first-order valence-electron chi connectivity index (χ1n) is 7.62. The van der Waals surface area contributed by atoms with Gasteiger partial charge in [0.25, 0.3) is 0 Å². The molecule has 0 spiro atoms. The summed E-state index contributed by atoms with van der Waals surface area (Å²) in [4.78, 5) is 13.8. The Morgan fingerprint density at radius 1 is 1.17 bits per heavy atom. The maximum Gasteiger partial charge on any atom is 0.246 e. The Morgan fingerprint density at radius 2 is 1.96 bits per heavy atom. The van der Waals surface area contributed by atoms with E-state index in [4.69, 9.17) is 0 Å². The Hall–Kier alpha value is -3.15. The van der Waals surface area contributed by atoms with Crippen LogP contribution in [0, 0.1) is 0 Å². The van der Waals surface area contributed by atoms with Gasteiger partial charge in [-0.15, -0.1) is 0 Å². The monoisotopic (exact) mass is 321 g/mol. The van der Waals surface area contributed by atoms with Crippen LogP contribution in [0.15, 0.2) is 61.2 Å². The summed E-state index contributed by atoms with van der Waals surface area (Å²) >= 11 is 0. The molecule has 6 heteroatoms. The fourth-order valence-corrected chi connectivity index (χ4v) is 2.34. The second kappa shape index (κ2) is 6.95. The van der Waals surface area contributed by atoms with Crippen LogP contribution in [-0.4, -0.2) is 37.4 Å². The largest absolute Gasteiger partial charge is 0.338 e. The zero-order valence-electron chi connectivity index (χ0n) is 13.7. The van der Waals surface area contributed by atoms with Crippen LogP contribution in [0.4, 0.5) is 0 Å². The van der Waals surface area contributed by atoms with E-state index in [9.17, 15) is 4.79 Å². The maximum atomic E-state index is 12.2. The number of nitrogens with zero attached hydrogens (tertiary/aromatic N) is 5. The van der Waals surface area contributed by atoms with E-state index in [-0.39, 0.29) is 5.91 Å². The van der Waals surface area contributed by atoms with Crippen LogP contribution in [0.3, 0.4) is 0 Å². The Morgan fingerprint density at radius 3 is 2.67 bits per heavy atom. The number of carbonyl (C=O) groups is 1. The van der Waals surface area contributed by atoms with Crippen molar-refractivity contribution in [3.63, 3.8) is 0 Å². The average Bonchev–Trinajstić information content (AvgIpc) is 3.22. The number of aromatic nitrogens is 4. The van der Waals surface area contributed by atoms with E-state index in [1.807, 2.05) is 49.8 Å². The molecular formula is C18H19N5O. The summed E-state index contributed by atoms with van der Waals surface area (Å²) in [6, 6.07) is 9.88. The second-order valence-corrected chi connectivity index (χ2v) is 5.60. The van der Waals surface area contributed by atoms with Gasteiger partial charge in [-0.25, -0.2) is 4.68 Å². The number of carbonyl (C=O) groups excluding carboxylic acids is 1. The molecule has 0 saturated carbocycles. The number of hydrogen-bond donors (Lipinski definition) is 0. The fraction of sp³-hybridized carbons (Fsp3) is 0.167. The molecule has 122 valence electrons. The SMILES string of the molecule is CN(Cc1cnn(-c2ccccc2)c1)C(=O)C=Cc1cnn(C)c1.